The van der Waals surface area contributed by atoms with Crippen molar-refractivity contribution in [1.82, 2.24) is 29.6 Å². The van der Waals surface area contributed by atoms with Gasteiger partial charge in [0.1, 0.15) is 5.60 Å². The van der Waals surface area contributed by atoms with E-state index in [1.54, 1.807) is 24.3 Å². The van der Waals surface area contributed by atoms with Crippen molar-refractivity contribution in [2.24, 2.45) is 28.8 Å². The van der Waals surface area contributed by atoms with Crippen molar-refractivity contribution in [2.75, 3.05) is 52.4 Å². The zero-order valence-electron chi connectivity index (χ0n) is 38.3. The highest BCUT2D eigenvalue weighted by Gasteiger charge is 2.34. The molecule has 4 aromatic rings. The van der Waals surface area contributed by atoms with E-state index in [0.29, 0.717) is 34.6 Å². The summed E-state index contributed by atoms with van der Waals surface area (Å²) in [7, 11) is 0. The number of carbonyl (C=O) groups excluding carboxylic acids is 3. The van der Waals surface area contributed by atoms with E-state index in [-0.39, 0.29) is 55.8 Å². The van der Waals surface area contributed by atoms with Gasteiger partial charge in [-0.15, -0.1) is 0 Å². The van der Waals surface area contributed by atoms with Crippen LogP contribution in [0.25, 0.3) is 0 Å². The predicted molar refractivity (Wildman–Crippen MR) is 271 cm³/mol. The first kappa shape index (κ1) is 53.3. The summed E-state index contributed by atoms with van der Waals surface area (Å²) < 4.78 is 0. The first-order valence-corrected chi connectivity index (χ1v) is 24.3. The Labute approximate surface area is 410 Å². The Kier molecular flexibility index (Phi) is 20.4. The molecule has 4 aliphatic heterocycles. The lowest BCUT2D eigenvalue weighted by Gasteiger charge is -2.37. The maximum Gasteiger partial charge on any atom is 0.225 e. The molecule has 4 fully saturated rings. The number of Topliss-reactive ketones (excluding diaryl/α,β-unsaturated/α-hetero) is 1. The third-order valence-electron chi connectivity index (χ3n) is 13.2. The Hall–Kier alpha value is -4.68. The maximum absolute atomic E-state index is 13.3. The molecular formula is C54H73Cl2N7O4. The monoisotopic (exact) mass is 954 g/mol. The van der Waals surface area contributed by atoms with Gasteiger partial charge in [-0.25, -0.2) is 0 Å². The number of benzene rings is 2. The fourth-order valence-electron chi connectivity index (χ4n) is 9.44. The highest BCUT2D eigenvalue weighted by atomic mass is 35.5. The molecule has 362 valence electrons. The minimum Gasteiger partial charge on any atom is -0.390 e. The number of ketones is 1. The molecule has 0 saturated carbocycles. The highest BCUT2D eigenvalue weighted by Crippen LogP contribution is 2.30. The van der Waals surface area contributed by atoms with Crippen molar-refractivity contribution in [2.45, 2.75) is 106 Å². The lowest BCUT2D eigenvalue weighted by atomic mass is 9.87. The number of rotatable bonds is 11. The molecular weight excluding hydrogens is 882 g/mol. The first-order chi connectivity index (χ1) is 31.4. The number of piperidine rings is 4. The Morgan fingerprint density at radius 3 is 1.28 bits per heavy atom. The summed E-state index contributed by atoms with van der Waals surface area (Å²) in [6.07, 6.45) is 14.3. The Morgan fingerprint density at radius 2 is 0.896 bits per heavy atom. The van der Waals surface area contributed by atoms with Crippen LogP contribution < -0.4 is 0 Å². The molecule has 0 bridgehead atoms. The molecule has 6 heterocycles. The molecule has 4 aliphatic rings. The van der Waals surface area contributed by atoms with Gasteiger partial charge in [-0.05, 0) is 176 Å². The lowest BCUT2D eigenvalue weighted by Crippen LogP contribution is -2.46. The smallest absolute Gasteiger partial charge is 0.225 e. The first-order valence-electron chi connectivity index (χ1n) is 23.5. The van der Waals surface area contributed by atoms with Crippen LogP contribution in [0.4, 0.5) is 0 Å². The molecule has 4 saturated heterocycles. The summed E-state index contributed by atoms with van der Waals surface area (Å²) in [6.45, 7) is 14.6. The van der Waals surface area contributed by atoms with Gasteiger partial charge < -0.3 is 14.6 Å². The summed E-state index contributed by atoms with van der Waals surface area (Å²) >= 11 is 12.0. The average Bonchev–Trinajstić information content (AvgIpc) is 3.33. The van der Waals surface area contributed by atoms with Crippen LogP contribution >= 0.6 is 23.2 Å². The third kappa shape index (κ3) is 15.7. The molecule has 13 heteroatoms. The Bertz CT molecular complexity index is 2160. The fourth-order valence-corrected chi connectivity index (χ4v) is 9.69. The van der Waals surface area contributed by atoms with E-state index < -0.39 is 0 Å². The molecule has 2 amide bonds. The number of oxime groups is 1. The van der Waals surface area contributed by atoms with E-state index in [4.69, 9.17) is 28.0 Å². The molecule has 11 nitrogen and oxygen atoms in total. The van der Waals surface area contributed by atoms with Crippen molar-refractivity contribution in [3.05, 3.63) is 130 Å². The minimum atomic E-state index is -0.361. The zero-order chi connectivity index (χ0) is 45.8. The summed E-state index contributed by atoms with van der Waals surface area (Å²) in [4.78, 5) is 61.9. The number of halogens is 2. The molecule has 2 aromatic heterocycles. The maximum atomic E-state index is 13.3. The second-order valence-corrected chi connectivity index (χ2v) is 19.9. The van der Waals surface area contributed by atoms with Crippen molar-refractivity contribution in [3.63, 3.8) is 0 Å². The summed E-state index contributed by atoms with van der Waals surface area (Å²) in [5, 5.41) is 5.93. The van der Waals surface area contributed by atoms with Crippen LogP contribution in [0.3, 0.4) is 0 Å². The number of aromatic nitrogens is 2. The number of hydrogen-bond acceptors (Lipinski definition) is 9. The molecule has 0 atom stereocenters. The zero-order valence-corrected chi connectivity index (χ0v) is 39.8. The van der Waals surface area contributed by atoms with Crippen LogP contribution in [0.15, 0.2) is 103 Å². The van der Waals surface area contributed by atoms with Crippen LogP contribution in [-0.4, -0.2) is 111 Å². The number of carbonyl (C=O) groups is 3. The van der Waals surface area contributed by atoms with E-state index in [0.717, 1.165) is 115 Å². The molecule has 8 rings (SSSR count). The van der Waals surface area contributed by atoms with Gasteiger partial charge >= 0.3 is 0 Å². The molecule has 0 spiro atoms. The minimum absolute atomic E-state index is 0. The molecule has 0 radical (unpaired) electrons. The SMILES string of the molecule is C.C.CC(C)(C)ON=C(c1ccc(Cl)cc1)C1CCN(C(=O)C2CCN(Cc3ccncc3)CC2)CC1.O=C(c1ccc(Cl)cc1)C1CCN(C(=O)C2CCN(Cc3ccncc3)CC2)CC1. The van der Waals surface area contributed by atoms with E-state index in [1.165, 1.54) is 11.1 Å². The van der Waals surface area contributed by atoms with Gasteiger partial charge in [-0.3, -0.25) is 34.2 Å². The van der Waals surface area contributed by atoms with Crippen LogP contribution in [0.1, 0.15) is 114 Å². The molecule has 2 aromatic carbocycles. The van der Waals surface area contributed by atoms with Gasteiger partial charge in [-0.2, -0.15) is 0 Å². The largest absolute Gasteiger partial charge is 0.390 e. The van der Waals surface area contributed by atoms with Gasteiger partial charge in [-0.1, -0.05) is 55.3 Å². The molecule has 67 heavy (non-hydrogen) atoms. The number of nitrogens with zero attached hydrogens (tertiary/aromatic N) is 7. The lowest BCUT2D eigenvalue weighted by molar-refractivity contribution is -0.139. The number of likely N-dealkylation sites (tertiary alicyclic amines) is 4. The van der Waals surface area contributed by atoms with E-state index in [2.05, 4.69) is 42.0 Å². The number of amides is 2. The number of pyridine rings is 2. The van der Waals surface area contributed by atoms with Gasteiger partial charge in [0, 0.05) is 103 Å². The topological polar surface area (TPSA) is 112 Å². The van der Waals surface area contributed by atoms with E-state index in [1.807, 2.05) is 86.9 Å². The fraction of sp³-hybridized carbons (Fsp3) is 0.519. The van der Waals surface area contributed by atoms with Crippen molar-refractivity contribution >= 4 is 46.5 Å². The van der Waals surface area contributed by atoms with Crippen molar-refractivity contribution in [3.8, 4) is 0 Å². The average molecular weight is 955 g/mol. The Balaban J connectivity index is 0.000000246. The van der Waals surface area contributed by atoms with Gasteiger partial charge in [0.2, 0.25) is 11.8 Å². The normalized spacial score (nSPS) is 18.5. The summed E-state index contributed by atoms with van der Waals surface area (Å²) in [5.41, 5.74) is 4.88. The van der Waals surface area contributed by atoms with E-state index in [9.17, 15) is 14.4 Å². The quantitative estimate of drug-likeness (QED) is 0.0830. The van der Waals surface area contributed by atoms with Crippen LogP contribution in [-0.2, 0) is 27.5 Å². The Morgan fingerprint density at radius 1 is 0.537 bits per heavy atom. The predicted octanol–water partition coefficient (Wildman–Crippen LogP) is 10.7. The van der Waals surface area contributed by atoms with E-state index >= 15 is 0 Å². The highest BCUT2D eigenvalue weighted by molar-refractivity contribution is 6.31. The summed E-state index contributed by atoms with van der Waals surface area (Å²) in [6, 6.07) is 23.1. The van der Waals surface area contributed by atoms with Crippen LogP contribution in [0.2, 0.25) is 10.0 Å². The van der Waals surface area contributed by atoms with Gasteiger partial charge in [0.25, 0.3) is 0 Å². The second kappa shape index (κ2) is 25.6. The third-order valence-corrected chi connectivity index (χ3v) is 13.7. The van der Waals surface area contributed by atoms with Gasteiger partial charge in [0.15, 0.2) is 5.78 Å². The van der Waals surface area contributed by atoms with Crippen LogP contribution in [0, 0.1) is 23.7 Å². The van der Waals surface area contributed by atoms with Crippen molar-refractivity contribution in [1.29, 1.82) is 0 Å². The summed E-state index contributed by atoms with van der Waals surface area (Å²) in [5.74, 6) is 1.26. The second-order valence-electron chi connectivity index (χ2n) is 19.1. The number of hydrogen-bond donors (Lipinski definition) is 0. The van der Waals surface area contributed by atoms with Crippen molar-refractivity contribution < 1.29 is 19.2 Å². The molecule has 0 aliphatic carbocycles. The molecule has 0 unspecified atom stereocenters. The van der Waals surface area contributed by atoms with Crippen LogP contribution in [0.5, 0.6) is 0 Å². The standard InChI is InChI=1S/C28H37ClN4O2.C24H28ClN3O2.2CH4/c1-28(2,3)35-31-26(22-4-6-25(29)7-5-22)23-12-18-33(19-13-23)27(34)24-10-16-32(17-11-24)20-21-8-14-30-15-9-21;25-22-3-1-19(2-4-22)23(29)20-9-15-28(16-10-20)24(30)21-7-13-27(14-8-21)17-18-5-11-26-12-6-18;;/h4-9,14-15,23-24H,10-13,16-20H2,1-3H3;1-6,11-12,20-21H,7-10,13-17H2;2*1H4. The molecule has 0 N–H and O–H groups in total. The van der Waals surface area contributed by atoms with Gasteiger partial charge in [0.05, 0.1) is 5.71 Å².